The highest BCUT2D eigenvalue weighted by Crippen LogP contribution is 2.32. The number of hydrogen-bond donors (Lipinski definition) is 1. The van der Waals surface area contributed by atoms with Crippen molar-refractivity contribution in [2.24, 2.45) is 0 Å². The molecule has 0 radical (unpaired) electrons. The average Bonchev–Trinajstić information content (AvgIpc) is 2.33. The van der Waals surface area contributed by atoms with Crippen molar-refractivity contribution in [3.63, 3.8) is 0 Å². The summed E-state index contributed by atoms with van der Waals surface area (Å²) in [5.74, 6) is 0.00314. The van der Waals surface area contributed by atoms with Crippen LogP contribution in [0.25, 0.3) is 0 Å². The van der Waals surface area contributed by atoms with Crippen LogP contribution in [0.2, 0.25) is 10.2 Å². The third-order valence-electron chi connectivity index (χ3n) is 2.14. The molecular weight excluding hydrogens is 359 g/mol. The topological polar surface area (TPSA) is 81.0 Å². The van der Waals surface area contributed by atoms with Gasteiger partial charge >= 0.3 is 5.69 Å². The molecule has 1 aromatic carbocycles. The van der Waals surface area contributed by atoms with Gasteiger partial charge in [0.2, 0.25) is 11.0 Å². The van der Waals surface area contributed by atoms with Crippen molar-refractivity contribution in [3.8, 4) is 0 Å². The number of nitrogens with one attached hydrogen (secondary N) is 1. The number of aromatic nitrogens is 2. The normalized spacial score (nSPS) is 10.3. The lowest BCUT2D eigenvalue weighted by atomic mass is 10.3. The lowest BCUT2D eigenvalue weighted by Crippen LogP contribution is -2.01. The van der Waals surface area contributed by atoms with E-state index in [1.54, 1.807) is 18.2 Å². The quantitative estimate of drug-likeness (QED) is 0.502. The third kappa shape index (κ3) is 3.12. The lowest BCUT2D eigenvalue weighted by molar-refractivity contribution is -0.384. The van der Waals surface area contributed by atoms with Gasteiger partial charge in [0.05, 0.1) is 9.95 Å². The summed E-state index contributed by atoms with van der Waals surface area (Å²) in [5.41, 5.74) is 0.161. The summed E-state index contributed by atoms with van der Waals surface area (Å²) < 4.78 is 0.718. The zero-order valence-electron chi connectivity index (χ0n) is 9.10. The minimum atomic E-state index is -0.648. The highest BCUT2D eigenvalue weighted by molar-refractivity contribution is 9.10. The van der Waals surface area contributed by atoms with Crippen LogP contribution in [0.1, 0.15) is 0 Å². The van der Waals surface area contributed by atoms with E-state index in [9.17, 15) is 10.1 Å². The second kappa shape index (κ2) is 5.68. The number of nitro groups is 1. The van der Waals surface area contributed by atoms with Crippen LogP contribution in [0.15, 0.2) is 29.0 Å². The molecule has 0 unspecified atom stereocenters. The smallest absolute Gasteiger partial charge is 0.334 e. The first kappa shape index (κ1) is 14.0. The fourth-order valence-electron chi connectivity index (χ4n) is 1.32. The van der Waals surface area contributed by atoms with Gasteiger partial charge in [-0.25, -0.2) is 9.97 Å². The number of anilines is 2. The van der Waals surface area contributed by atoms with Crippen molar-refractivity contribution in [2.45, 2.75) is 0 Å². The van der Waals surface area contributed by atoms with E-state index in [-0.39, 0.29) is 16.7 Å². The second-order valence-corrected chi connectivity index (χ2v) is 4.99. The molecular formula is C10H5BrCl2N4O2. The molecule has 0 atom stereocenters. The highest BCUT2D eigenvalue weighted by Gasteiger charge is 2.21. The highest BCUT2D eigenvalue weighted by atomic mass is 79.9. The Morgan fingerprint density at radius 1 is 1.32 bits per heavy atom. The molecule has 0 saturated heterocycles. The van der Waals surface area contributed by atoms with Crippen molar-refractivity contribution >= 4 is 56.3 Å². The fraction of sp³-hybridized carbons (Fsp3) is 0. The molecule has 0 saturated carbocycles. The van der Waals surface area contributed by atoms with Gasteiger partial charge < -0.3 is 5.32 Å². The fourth-order valence-corrected chi connectivity index (χ4v) is 1.95. The van der Waals surface area contributed by atoms with Crippen molar-refractivity contribution in [2.75, 3.05) is 5.32 Å². The van der Waals surface area contributed by atoms with Gasteiger partial charge in [-0.3, -0.25) is 10.1 Å². The summed E-state index contributed by atoms with van der Waals surface area (Å²) in [6.07, 6.45) is 1.14. The molecule has 9 heteroatoms. The molecule has 0 aliphatic heterocycles. The van der Waals surface area contributed by atoms with Crippen molar-refractivity contribution in [3.05, 3.63) is 49.3 Å². The number of hydrogen-bond acceptors (Lipinski definition) is 5. The summed E-state index contributed by atoms with van der Waals surface area (Å²) in [7, 11) is 0. The summed E-state index contributed by atoms with van der Waals surface area (Å²) in [6.45, 7) is 0. The van der Waals surface area contributed by atoms with E-state index >= 15 is 0 Å². The van der Waals surface area contributed by atoms with E-state index in [4.69, 9.17) is 23.2 Å². The number of benzene rings is 1. The van der Waals surface area contributed by atoms with Gasteiger partial charge in [-0.05, 0) is 34.1 Å². The molecule has 1 heterocycles. The monoisotopic (exact) mass is 362 g/mol. The van der Waals surface area contributed by atoms with Crippen molar-refractivity contribution in [1.82, 2.24) is 9.97 Å². The Hall–Kier alpha value is -1.44. The van der Waals surface area contributed by atoms with Crippen LogP contribution in [0.5, 0.6) is 0 Å². The molecule has 19 heavy (non-hydrogen) atoms. The zero-order valence-corrected chi connectivity index (χ0v) is 12.2. The first-order valence-electron chi connectivity index (χ1n) is 4.86. The number of halogens is 3. The van der Waals surface area contributed by atoms with Crippen LogP contribution < -0.4 is 5.32 Å². The van der Waals surface area contributed by atoms with Crippen molar-refractivity contribution < 1.29 is 4.92 Å². The second-order valence-electron chi connectivity index (χ2n) is 3.37. The van der Waals surface area contributed by atoms with Gasteiger partial charge in [0, 0.05) is 10.2 Å². The van der Waals surface area contributed by atoms with Crippen molar-refractivity contribution in [1.29, 1.82) is 0 Å². The number of nitrogens with zero attached hydrogens (tertiary/aromatic N) is 3. The summed E-state index contributed by atoms with van der Waals surface area (Å²) >= 11 is 14.9. The Morgan fingerprint density at radius 3 is 2.68 bits per heavy atom. The summed E-state index contributed by atoms with van der Waals surface area (Å²) in [6, 6.07) is 5.00. The summed E-state index contributed by atoms with van der Waals surface area (Å²) in [4.78, 5) is 17.7. The maximum Gasteiger partial charge on any atom is 0.348 e. The minimum absolute atomic E-state index is 0.00314. The minimum Gasteiger partial charge on any atom is -0.334 e. The Morgan fingerprint density at radius 2 is 2.05 bits per heavy atom. The van der Waals surface area contributed by atoms with Crippen LogP contribution in [0.3, 0.4) is 0 Å². The van der Waals surface area contributed by atoms with Crippen LogP contribution in [0.4, 0.5) is 17.2 Å². The average molecular weight is 364 g/mol. The van der Waals surface area contributed by atoms with Crippen LogP contribution >= 0.6 is 39.1 Å². The van der Waals surface area contributed by atoms with Gasteiger partial charge in [0.1, 0.15) is 6.33 Å². The first-order valence-corrected chi connectivity index (χ1v) is 6.41. The zero-order chi connectivity index (χ0) is 14.0. The molecule has 0 amide bonds. The predicted octanol–water partition coefficient (Wildman–Crippen LogP) is 4.20. The Kier molecular flexibility index (Phi) is 4.18. The van der Waals surface area contributed by atoms with Gasteiger partial charge in [0.15, 0.2) is 0 Å². The summed E-state index contributed by atoms with van der Waals surface area (Å²) in [5, 5.41) is 13.9. The van der Waals surface area contributed by atoms with E-state index in [1.165, 1.54) is 0 Å². The maximum absolute atomic E-state index is 10.9. The third-order valence-corrected chi connectivity index (χ3v) is 3.65. The van der Waals surface area contributed by atoms with Crippen LogP contribution in [0, 0.1) is 10.1 Å². The molecule has 2 rings (SSSR count). The van der Waals surface area contributed by atoms with E-state index in [1.807, 2.05) is 0 Å². The largest absolute Gasteiger partial charge is 0.348 e. The van der Waals surface area contributed by atoms with Gasteiger partial charge in [-0.2, -0.15) is 0 Å². The first-order chi connectivity index (χ1) is 8.99. The molecule has 0 fully saturated rings. The molecule has 0 spiro atoms. The van der Waals surface area contributed by atoms with E-state index in [0.29, 0.717) is 10.7 Å². The molecule has 1 N–H and O–H groups in total. The Bertz CT molecular complexity index is 653. The molecule has 98 valence electrons. The van der Waals surface area contributed by atoms with Gasteiger partial charge in [0.25, 0.3) is 0 Å². The van der Waals surface area contributed by atoms with Crippen LogP contribution in [-0.2, 0) is 0 Å². The number of rotatable bonds is 3. The molecule has 2 aromatic rings. The standard InChI is InChI=1S/C10H5BrCl2N4O2/c11-6-2-1-5(3-7(6)12)16-10-8(17(18)19)9(13)14-4-15-10/h1-4H,(H,14,15,16). The molecule has 6 nitrogen and oxygen atoms in total. The maximum atomic E-state index is 10.9. The Labute approximate surface area is 126 Å². The molecule has 0 aliphatic carbocycles. The molecule has 1 aromatic heterocycles. The van der Waals surface area contributed by atoms with Gasteiger partial charge in [-0.15, -0.1) is 0 Å². The van der Waals surface area contributed by atoms with Gasteiger partial charge in [-0.1, -0.05) is 23.2 Å². The Balaban J connectivity index is 2.40. The van der Waals surface area contributed by atoms with E-state index < -0.39 is 4.92 Å². The van der Waals surface area contributed by atoms with E-state index in [0.717, 1.165) is 10.8 Å². The van der Waals surface area contributed by atoms with E-state index in [2.05, 4.69) is 31.2 Å². The molecule has 0 bridgehead atoms. The molecule has 0 aliphatic rings. The lowest BCUT2D eigenvalue weighted by Gasteiger charge is -2.07. The SMILES string of the molecule is O=[N+]([O-])c1c(Cl)ncnc1Nc1ccc(Br)c(Cl)c1. The van der Waals surface area contributed by atoms with Crippen LogP contribution in [-0.4, -0.2) is 14.9 Å². The predicted molar refractivity (Wildman–Crippen MR) is 76.1 cm³/mol.